The summed E-state index contributed by atoms with van der Waals surface area (Å²) in [6.45, 7) is 5.09. The molecule has 3 rings (SSSR count). The number of carbonyl (C=O) groups is 2. The third-order valence-corrected chi connectivity index (χ3v) is 4.71. The summed E-state index contributed by atoms with van der Waals surface area (Å²) in [7, 11) is 0. The van der Waals surface area contributed by atoms with Gasteiger partial charge >= 0.3 is 6.03 Å². The van der Waals surface area contributed by atoms with Crippen LogP contribution < -0.4 is 15.5 Å². The first-order valence-corrected chi connectivity index (χ1v) is 8.66. The largest absolute Gasteiger partial charge is 0.357 e. The molecular formula is C17H25N5O2. The summed E-state index contributed by atoms with van der Waals surface area (Å²) in [5, 5.41) is 5.80. The van der Waals surface area contributed by atoms with Crippen LogP contribution in [-0.4, -0.2) is 54.0 Å². The normalized spacial score (nSPS) is 18.5. The Balaban J connectivity index is 1.46. The van der Waals surface area contributed by atoms with E-state index in [-0.39, 0.29) is 18.0 Å². The number of anilines is 2. The topological polar surface area (TPSA) is 77.6 Å². The Bertz CT molecular complexity index is 575. The van der Waals surface area contributed by atoms with Crippen LogP contribution in [0.2, 0.25) is 0 Å². The minimum Gasteiger partial charge on any atom is -0.357 e. The summed E-state index contributed by atoms with van der Waals surface area (Å²) < 4.78 is 0. The second-order valence-corrected chi connectivity index (χ2v) is 6.48. The Labute approximate surface area is 142 Å². The van der Waals surface area contributed by atoms with E-state index in [2.05, 4.69) is 20.5 Å². The third kappa shape index (κ3) is 4.15. The van der Waals surface area contributed by atoms with Crippen LogP contribution in [0.4, 0.5) is 16.3 Å². The first-order valence-electron chi connectivity index (χ1n) is 8.66. The highest BCUT2D eigenvalue weighted by molar-refractivity contribution is 5.89. The number of pyridine rings is 1. The molecule has 3 amide bonds. The monoisotopic (exact) mass is 331 g/mol. The number of amides is 3. The number of aromatic nitrogens is 1. The van der Waals surface area contributed by atoms with Crippen LogP contribution in [0.15, 0.2) is 18.3 Å². The Hall–Kier alpha value is -2.31. The van der Waals surface area contributed by atoms with Gasteiger partial charge in [0.25, 0.3) is 0 Å². The molecule has 3 heterocycles. The molecule has 2 N–H and O–H groups in total. The van der Waals surface area contributed by atoms with Gasteiger partial charge in [0.1, 0.15) is 5.82 Å². The van der Waals surface area contributed by atoms with Crippen molar-refractivity contribution in [2.75, 3.05) is 36.4 Å². The number of nitrogens with zero attached hydrogens (tertiary/aromatic N) is 3. The number of carbonyl (C=O) groups excluding carboxylic acids is 2. The number of rotatable bonds is 3. The van der Waals surface area contributed by atoms with E-state index < -0.39 is 0 Å². The van der Waals surface area contributed by atoms with Crippen LogP contribution in [0.1, 0.15) is 32.6 Å². The zero-order valence-electron chi connectivity index (χ0n) is 14.1. The molecule has 7 heteroatoms. The molecular weight excluding hydrogens is 306 g/mol. The summed E-state index contributed by atoms with van der Waals surface area (Å²) in [6, 6.07) is 3.73. The maximum atomic E-state index is 12.1. The van der Waals surface area contributed by atoms with Gasteiger partial charge in [-0.1, -0.05) is 0 Å². The van der Waals surface area contributed by atoms with Gasteiger partial charge < -0.3 is 20.4 Å². The summed E-state index contributed by atoms with van der Waals surface area (Å²) >= 11 is 0. The number of hydrogen-bond acceptors (Lipinski definition) is 4. The SMILES string of the molecule is CC(=O)N1CCC(NC(=O)Nc2ccc(N3CCCC3)nc2)CC1. The van der Waals surface area contributed by atoms with E-state index in [1.807, 2.05) is 17.0 Å². The molecule has 0 saturated carbocycles. The van der Waals surface area contributed by atoms with Crippen molar-refractivity contribution in [3.63, 3.8) is 0 Å². The van der Waals surface area contributed by atoms with Gasteiger partial charge in [0.2, 0.25) is 5.91 Å². The van der Waals surface area contributed by atoms with Crippen LogP contribution in [0.3, 0.4) is 0 Å². The zero-order valence-corrected chi connectivity index (χ0v) is 14.1. The number of nitrogens with one attached hydrogen (secondary N) is 2. The fraction of sp³-hybridized carbons (Fsp3) is 0.588. The van der Waals surface area contributed by atoms with Crippen molar-refractivity contribution in [1.29, 1.82) is 0 Å². The Morgan fingerprint density at radius 2 is 1.83 bits per heavy atom. The van der Waals surface area contributed by atoms with E-state index >= 15 is 0 Å². The number of piperidine rings is 1. The maximum absolute atomic E-state index is 12.1. The van der Waals surface area contributed by atoms with Gasteiger partial charge in [0, 0.05) is 39.1 Å². The standard InChI is InChI=1S/C17H25N5O2/c1-13(23)21-10-6-14(7-11-21)19-17(24)20-15-4-5-16(18-12-15)22-8-2-3-9-22/h4-5,12,14H,2-3,6-11H2,1H3,(H2,19,20,24). The molecule has 1 aromatic heterocycles. The minimum atomic E-state index is -0.216. The third-order valence-electron chi connectivity index (χ3n) is 4.71. The molecule has 1 aromatic rings. The molecule has 2 aliphatic rings. The number of hydrogen-bond donors (Lipinski definition) is 2. The van der Waals surface area contributed by atoms with E-state index in [9.17, 15) is 9.59 Å². The predicted octanol–water partition coefficient (Wildman–Crippen LogP) is 1.81. The summed E-state index contributed by atoms with van der Waals surface area (Å²) in [5.41, 5.74) is 0.691. The molecule has 0 radical (unpaired) electrons. The molecule has 0 unspecified atom stereocenters. The molecule has 0 bridgehead atoms. The number of likely N-dealkylation sites (tertiary alicyclic amines) is 1. The van der Waals surface area contributed by atoms with Gasteiger partial charge in [-0.15, -0.1) is 0 Å². The fourth-order valence-corrected chi connectivity index (χ4v) is 3.28. The molecule has 2 aliphatic heterocycles. The lowest BCUT2D eigenvalue weighted by molar-refractivity contribution is -0.129. The van der Waals surface area contributed by atoms with Crippen LogP contribution in [0.25, 0.3) is 0 Å². The van der Waals surface area contributed by atoms with E-state index in [0.717, 1.165) is 31.7 Å². The summed E-state index contributed by atoms with van der Waals surface area (Å²) in [4.78, 5) is 31.9. The molecule has 0 atom stereocenters. The van der Waals surface area contributed by atoms with E-state index in [0.29, 0.717) is 18.8 Å². The number of urea groups is 1. The van der Waals surface area contributed by atoms with E-state index in [1.165, 1.54) is 12.8 Å². The van der Waals surface area contributed by atoms with Gasteiger partial charge in [-0.05, 0) is 37.8 Å². The minimum absolute atomic E-state index is 0.0991. The van der Waals surface area contributed by atoms with Gasteiger partial charge in [0.15, 0.2) is 0 Å². The first kappa shape index (κ1) is 16.5. The summed E-state index contributed by atoms with van der Waals surface area (Å²) in [5.74, 6) is 1.07. The smallest absolute Gasteiger partial charge is 0.319 e. The van der Waals surface area contributed by atoms with Crippen molar-refractivity contribution in [2.45, 2.75) is 38.6 Å². The van der Waals surface area contributed by atoms with Crippen molar-refractivity contribution in [3.8, 4) is 0 Å². The Kier molecular flexibility index (Phi) is 5.17. The first-order chi connectivity index (χ1) is 11.6. The highest BCUT2D eigenvalue weighted by Crippen LogP contribution is 2.19. The van der Waals surface area contributed by atoms with Crippen LogP contribution in [0, 0.1) is 0 Å². The lowest BCUT2D eigenvalue weighted by atomic mass is 10.1. The average molecular weight is 331 g/mol. The van der Waals surface area contributed by atoms with Gasteiger partial charge in [-0.25, -0.2) is 9.78 Å². The maximum Gasteiger partial charge on any atom is 0.319 e. The highest BCUT2D eigenvalue weighted by atomic mass is 16.2. The molecule has 0 aromatic carbocycles. The Morgan fingerprint density at radius 3 is 2.42 bits per heavy atom. The van der Waals surface area contributed by atoms with Crippen LogP contribution >= 0.6 is 0 Å². The van der Waals surface area contributed by atoms with Crippen LogP contribution in [0.5, 0.6) is 0 Å². The molecule has 0 spiro atoms. The van der Waals surface area contributed by atoms with Gasteiger partial charge in [-0.3, -0.25) is 4.79 Å². The molecule has 130 valence electrons. The second kappa shape index (κ2) is 7.51. The second-order valence-electron chi connectivity index (χ2n) is 6.48. The molecule has 0 aliphatic carbocycles. The van der Waals surface area contributed by atoms with Gasteiger partial charge in [0.05, 0.1) is 11.9 Å². The van der Waals surface area contributed by atoms with Crippen molar-refractivity contribution >= 4 is 23.4 Å². The van der Waals surface area contributed by atoms with E-state index in [1.54, 1.807) is 13.1 Å². The molecule has 24 heavy (non-hydrogen) atoms. The fourth-order valence-electron chi connectivity index (χ4n) is 3.28. The molecule has 7 nitrogen and oxygen atoms in total. The molecule has 2 fully saturated rings. The van der Waals surface area contributed by atoms with Crippen molar-refractivity contribution in [2.24, 2.45) is 0 Å². The lowest BCUT2D eigenvalue weighted by Crippen LogP contribution is -2.47. The van der Waals surface area contributed by atoms with Crippen molar-refractivity contribution < 1.29 is 9.59 Å². The van der Waals surface area contributed by atoms with Gasteiger partial charge in [-0.2, -0.15) is 0 Å². The molecule has 2 saturated heterocycles. The highest BCUT2D eigenvalue weighted by Gasteiger charge is 2.22. The van der Waals surface area contributed by atoms with Crippen LogP contribution in [-0.2, 0) is 4.79 Å². The quantitative estimate of drug-likeness (QED) is 0.885. The van der Waals surface area contributed by atoms with E-state index in [4.69, 9.17) is 0 Å². The average Bonchev–Trinajstić information content (AvgIpc) is 3.10. The Morgan fingerprint density at radius 1 is 1.12 bits per heavy atom. The van der Waals surface area contributed by atoms with Crippen molar-refractivity contribution in [1.82, 2.24) is 15.2 Å². The predicted molar refractivity (Wildman–Crippen MR) is 93.1 cm³/mol. The zero-order chi connectivity index (χ0) is 16.9. The van der Waals surface area contributed by atoms with Crippen molar-refractivity contribution in [3.05, 3.63) is 18.3 Å². The lowest BCUT2D eigenvalue weighted by Gasteiger charge is -2.31. The summed E-state index contributed by atoms with van der Waals surface area (Å²) in [6.07, 6.45) is 5.71.